The van der Waals surface area contributed by atoms with Crippen LogP contribution in [0, 0.1) is 6.92 Å². The first-order valence-electron chi connectivity index (χ1n) is 6.55. The third-order valence-corrected chi connectivity index (χ3v) is 4.29. The molecule has 0 fully saturated rings. The Morgan fingerprint density at radius 3 is 2.43 bits per heavy atom. The molecule has 2 rings (SSSR count). The Kier molecular flexibility index (Phi) is 4.96. The summed E-state index contributed by atoms with van der Waals surface area (Å²) >= 11 is 1.34. The van der Waals surface area contributed by atoms with Gasteiger partial charge in [-0.3, -0.25) is 0 Å². The summed E-state index contributed by atoms with van der Waals surface area (Å²) < 4.78 is 39.4. The molecule has 0 spiro atoms. The number of benzene rings is 2. The van der Waals surface area contributed by atoms with Crippen molar-refractivity contribution in [2.45, 2.75) is 29.3 Å². The number of halogens is 3. The van der Waals surface area contributed by atoms with E-state index in [1.165, 1.54) is 23.9 Å². The van der Waals surface area contributed by atoms with Crippen LogP contribution in [0.25, 0.3) is 0 Å². The first kappa shape index (κ1) is 15.9. The van der Waals surface area contributed by atoms with Gasteiger partial charge in [-0.1, -0.05) is 36.0 Å². The van der Waals surface area contributed by atoms with Crippen molar-refractivity contribution in [3.05, 3.63) is 59.2 Å². The van der Waals surface area contributed by atoms with Crippen LogP contribution in [-0.4, -0.2) is 6.54 Å². The van der Waals surface area contributed by atoms with E-state index in [0.717, 1.165) is 10.5 Å². The Hall–Kier alpha value is -1.46. The van der Waals surface area contributed by atoms with Gasteiger partial charge in [0.2, 0.25) is 0 Å². The van der Waals surface area contributed by atoms with Crippen molar-refractivity contribution < 1.29 is 13.2 Å². The minimum absolute atomic E-state index is 0.202. The van der Waals surface area contributed by atoms with Crippen LogP contribution >= 0.6 is 11.8 Å². The predicted molar refractivity (Wildman–Crippen MR) is 79.5 cm³/mol. The summed E-state index contributed by atoms with van der Waals surface area (Å²) in [6.07, 6.45) is -4.13. The second-order valence-corrected chi connectivity index (χ2v) is 5.84. The van der Waals surface area contributed by atoms with Crippen LogP contribution < -0.4 is 5.73 Å². The number of aryl methyl sites for hydroxylation is 1. The Balaban J connectivity index is 2.36. The third-order valence-electron chi connectivity index (χ3n) is 3.12. The fraction of sp³-hybridized carbons (Fsp3) is 0.250. The molecule has 2 aromatic carbocycles. The number of hydrogen-bond acceptors (Lipinski definition) is 2. The molecule has 21 heavy (non-hydrogen) atoms. The van der Waals surface area contributed by atoms with E-state index in [1.807, 2.05) is 31.2 Å². The van der Waals surface area contributed by atoms with Crippen LogP contribution in [0.3, 0.4) is 0 Å². The Bertz CT molecular complexity index is 623. The lowest BCUT2D eigenvalue weighted by atomic mass is 10.0. The zero-order chi connectivity index (χ0) is 15.5. The van der Waals surface area contributed by atoms with Crippen molar-refractivity contribution in [3.8, 4) is 0 Å². The molecule has 5 heteroatoms. The molecule has 0 bridgehead atoms. The summed E-state index contributed by atoms with van der Waals surface area (Å²) in [5.74, 6) is 0. The van der Waals surface area contributed by atoms with Crippen molar-refractivity contribution in [2.24, 2.45) is 5.73 Å². The highest BCUT2D eigenvalue weighted by atomic mass is 32.2. The zero-order valence-corrected chi connectivity index (χ0v) is 12.4. The van der Waals surface area contributed by atoms with Crippen LogP contribution in [-0.2, 0) is 12.6 Å². The first-order valence-corrected chi connectivity index (χ1v) is 7.37. The monoisotopic (exact) mass is 311 g/mol. The van der Waals surface area contributed by atoms with E-state index in [0.29, 0.717) is 4.90 Å². The van der Waals surface area contributed by atoms with Gasteiger partial charge in [0, 0.05) is 9.79 Å². The molecule has 0 aliphatic carbocycles. The van der Waals surface area contributed by atoms with Crippen molar-refractivity contribution in [2.75, 3.05) is 6.54 Å². The van der Waals surface area contributed by atoms with Crippen molar-refractivity contribution >= 4 is 11.8 Å². The molecule has 0 aliphatic heterocycles. The van der Waals surface area contributed by atoms with E-state index in [9.17, 15) is 13.2 Å². The molecule has 0 saturated carbocycles. The molecule has 0 atom stereocenters. The molecule has 2 aromatic rings. The molecule has 0 heterocycles. The van der Waals surface area contributed by atoms with Gasteiger partial charge in [-0.25, -0.2) is 0 Å². The second-order valence-electron chi connectivity index (χ2n) is 4.72. The van der Waals surface area contributed by atoms with Crippen LogP contribution in [0.1, 0.15) is 16.7 Å². The van der Waals surface area contributed by atoms with E-state index in [4.69, 9.17) is 5.73 Å². The largest absolute Gasteiger partial charge is 0.416 e. The third kappa shape index (κ3) is 4.02. The lowest BCUT2D eigenvalue weighted by molar-refractivity contribution is -0.138. The SMILES string of the molecule is Cc1ccccc1Sc1ccc(CCN)c(C(F)(F)F)c1. The number of alkyl halides is 3. The van der Waals surface area contributed by atoms with Gasteiger partial charge in [0.25, 0.3) is 0 Å². The highest BCUT2D eigenvalue weighted by molar-refractivity contribution is 7.99. The van der Waals surface area contributed by atoms with Gasteiger partial charge in [0.15, 0.2) is 0 Å². The molecule has 0 radical (unpaired) electrons. The van der Waals surface area contributed by atoms with E-state index in [-0.39, 0.29) is 18.5 Å². The fourth-order valence-electron chi connectivity index (χ4n) is 2.05. The Morgan fingerprint density at radius 2 is 1.81 bits per heavy atom. The molecule has 0 saturated heterocycles. The Labute approximate surface area is 126 Å². The minimum atomic E-state index is -4.35. The molecule has 0 aromatic heterocycles. The van der Waals surface area contributed by atoms with E-state index >= 15 is 0 Å². The smallest absolute Gasteiger partial charge is 0.330 e. The second kappa shape index (κ2) is 6.54. The highest BCUT2D eigenvalue weighted by Gasteiger charge is 2.33. The van der Waals surface area contributed by atoms with Gasteiger partial charge >= 0.3 is 6.18 Å². The maximum Gasteiger partial charge on any atom is 0.416 e. The van der Waals surface area contributed by atoms with E-state index < -0.39 is 11.7 Å². The van der Waals surface area contributed by atoms with Crippen molar-refractivity contribution in [1.29, 1.82) is 0 Å². The van der Waals surface area contributed by atoms with Gasteiger partial charge < -0.3 is 5.73 Å². The van der Waals surface area contributed by atoms with Gasteiger partial charge in [0.05, 0.1) is 5.56 Å². The summed E-state index contributed by atoms with van der Waals surface area (Å²) in [5.41, 5.74) is 6.08. The van der Waals surface area contributed by atoms with Gasteiger partial charge in [0.1, 0.15) is 0 Å². The van der Waals surface area contributed by atoms with E-state index in [1.54, 1.807) is 6.07 Å². The number of hydrogen-bond donors (Lipinski definition) is 1. The molecule has 2 N–H and O–H groups in total. The maximum absolute atomic E-state index is 13.1. The van der Waals surface area contributed by atoms with Crippen molar-refractivity contribution in [1.82, 2.24) is 0 Å². The summed E-state index contributed by atoms with van der Waals surface area (Å²) in [5, 5.41) is 0. The van der Waals surface area contributed by atoms with Crippen LogP contribution in [0.2, 0.25) is 0 Å². The lowest BCUT2D eigenvalue weighted by Gasteiger charge is -2.14. The van der Waals surface area contributed by atoms with Gasteiger partial charge in [-0.15, -0.1) is 0 Å². The summed E-state index contributed by atoms with van der Waals surface area (Å²) in [7, 11) is 0. The normalized spacial score (nSPS) is 11.7. The quantitative estimate of drug-likeness (QED) is 0.888. The maximum atomic E-state index is 13.1. The van der Waals surface area contributed by atoms with Gasteiger partial charge in [-0.05, 0) is 49.2 Å². The fourth-order valence-corrected chi connectivity index (χ4v) is 3.00. The standard InChI is InChI=1S/C16H16F3NS/c1-11-4-2-3-5-15(11)21-13-7-6-12(8-9-20)14(10-13)16(17,18)19/h2-7,10H,8-9,20H2,1H3. The highest BCUT2D eigenvalue weighted by Crippen LogP contribution is 2.37. The van der Waals surface area contributed by atoms with Crippen molar-refractivity contribution in [3.63, 3.8) is 0 Å². The molecule has 0 unspecified atom stereocenters. The minimum Gasteiger partial charge on any atom is -0.330 e. The number of nitrogens with two attached hydrogens (primary N) is 1. The van der Waals surface area contributed by atoms with E-state index in [2.05, 4.69) is 0 Å². The Morgan fingerprint density at radius 1 is 1.10 bits per heavy atom. The predicted octanol–water partition coefficient (Wildman–Crippen LogP) is 4.67. The lowest BCUT2D eigenvalue weighted by Crippen LogP contribution is -2.12. The molecule has 0 aliphatic rings. The van der Waals surface area contributed by atoms with Crippen LogP contribution in [0.4, 0.5) is 13.2 Å². The summed E-state index contributed by atoms with van der Waals surface area (Å²) in [4.78, 5) is 1.54. The molecular weight excluding hydrogens is 295 g/mol. The molecule has 1 nitrogen and oxygen atoms in total. The van der Waals surface area contributed by atoms with Gasteiger partial charge in [-0.2, -0.15) is 13.2 Å². The molecule has 0 amide bonds. The molecule has 112 valence electrons. The average molecular weight is 311 g/mol. The van der Waals surface area contributed by atoms with Crippen LogP contribution in [0.5, 0.6) is 0 Å². The summed E-state index contributed by atoms with van der Waals surface area (Å²) in [6.45, 7) is 2.14. The molecular formula is C16H16F3NS. The van der Waals surface area contributed by atoms with Crippen LogP contribution in [0.15, 0.2) is 52.3 Å². The average Bonchev–Trinajstić information content (AvgIpc) is 2.42. The topological polar surface area (TPSA) is 26.0 Å². The number of rotatable bonds is 4. The first-order chi connectivity index (χ1) is 9.91. The zero-order valence-electron chi connectivity index (χ0n) is 11.6. The summed E-state index contributed by atoms with van der Waals surface area (Å²) in [6, 6.07) is 12.1.